The molecule has 5 nitrogen and oxygen atoms in total. The SMILES string of the molecule is Cn1nncc1C1CCCCC1C(=O)O. The Morgan fingerprint density at radius 3 is 2.87 bits per heavy atom. The first-order chi connectivity index (χ1) is 7.20. The van der Waals surface area contributed by atoms with Crippen molar-refractivity contribution < 1.29 is 9.90 Å². The molecule has 1 aromatic rings. The summed E-state index contributed by atoms with van der Waals surface area (Å²) in [6.07, 6.45) is 5.49. The third-order valence-electron chi connectivity index (χ3n) is 3.21. The van der Waals surface area contributed by atoms with Gasteiger partial charge in [0.05, 0.1) is 17.8 Å². The Kier molecular flexibility index (Phi) is 2.70. The Morgan fingerprint density at radius 2 is 2.27 bits per heavy atom. The van der Waals surface area contributed by atoms with Crippen molar-refractivity contribution in [2.75, 3.05) is 0 Å². The highest BCUT2D eigenvalue weighted by Gasteiger charge is 2.33. The lowest BCUT2D eigenvalue weighted by molar-refractivity contribution is -0.143. The summed E-state index contributed by atoms with van der Waals surface area (Å²) in [5.41, 5.74) is 0.946. The summed E-state index contributed by atoms with van der Waals surface area (Å²) in [6.45, 7) is 0. The molecule has 2 rings (SSSR count). The number of carboxylic acids is 1. The van der Waals surface area contributed by atoms with Crippen molar-refractivity contribution in [2.45, 2.75) is 31.6 Å². The van der Waals surface area contributed by atoms with E-state index in [1.54, 1.807) is 10.9 Å². The van der Waals surface area contributed by atoms with Crippen molar-refractivity contribution >= 4 is 5.97 Å². The molecule has 2 unspecified atom stereocenters. The highest BCUT2D eigenvalue weighted by Crippen LogP contribution is 2.37. The Morgan fingerprint density at radius 1 is 1.53 bits per heavy atom. The Bertz CT molecular complexity index is 361. The van der Waals surface area contributed by atoms with Crippen LogP contribution in [-0.2, 0) is 11.8 Å². The molecule has 1 saturated carbocycles. The molecule has 0 saturated heterocycles. The lowest BCUT2D eigenvalue weighted by Crippen LogP contribution is -2.26. The van der Waals surface area contributed by atoms with E-state index in [1.165, 1.54) is 0 Å². The van der Waals surface area contributed by atoms with Gasteiger partial charge in [-0.2, -0.15) is 0 Å². The minimum absolute atomic E-state index is 0.0799. The second-order valence-electron chi connectivity index (χ2n) is 4.12. The zero-order valence-electron chi connectivity index (χ0n) is 8.76. The average Bonchev–Trinajstić information content (AvgIpc) is 2.64. The van der Waals surface area contributed by atoms with Crippen molar-refractivity contribution in [3.8, 4) is 0 Å². The van der Waals surface area contributed by atoms with Gasteiger partial charge < -0.3 is 5.11 Å². The van der Waals surface area contributed by atoms with Crippen molar-refractivity contribution in [3.05, 3.63) is 11.9 Å². The van der Waals surface area contributed by atoms with Crippen LogP contribution >= 0.6 is 0 Å². The Hall–Kier alpha value is -1.39. The topological polar surface area (TPSA) is 68.0 Å². The van der Waals surface area contributed by atoms with Crippen LogP contribution in [-0.4, -0.2) is 26.1 Å². The first kappa shape index (κ1) is 10.1. The molecule has 0 radical (unpaired) electrons. The predicted octanol–water partition coefficient (Wildman–Crippen LogP) is 1.17. The van der Waals surface area contributed by atoms with Gasteiger partial charge in [-0.3, -0.25) is 9.48 Å². The van der Waals surface area contributed by atoms with Gasteiger partial charge in [0.25, 0.3) is 0 Å². The third kappa shape index (κ3) is 1.86. The molecule has 1 fully saturated rings. The van der Waals surface area contributed by atoms with E-state index in [4.69, 9.17) is 5.11 Å². The number of nitrogens with zero attached hydrogens (tertiary/aromatic N) is 3. The van der Waals surface area contributed by atoms with Crippen LogP contribution in [0.5, 0.6) is 0 Å². The van der Waals surface area contributed by atoms with E-state index in [2.05, 4.69) is 10.3 Å². The minimum atomic E-state index is -0.694. The largest absolute Gasteiger partial charge is 0.481 e. The molecule has 0 aliphatic heterocycles. The number of rotatable bonds is 2. The van der Waals surface area contributed by atoms with Crippen LogP contribution in [0.4, 0.5) is 0 Å². The molecular weight excluding hydrogens is 194 g/mol. The maximum atomic E-state index is 11.1. The quantitative estimate of drug-likeness (QED) is 0.794. The molecule has 15 heavy (non-hydrogen) atoms. The lowest BCUT2D eigenvalue weighted by Gasteiger charge is -2.27. The van der Waals surface area contributed by atoms with E-state index >= 15 is 0 Å². The van der Waals surface area contributed by atoms with Crippen molar-refractivity contribution in [1.29, 1.82) is 0 Å². The molecule has 0 amide bonds. The highest BCUT2D eigenvalue weighted by atomic mass is 16.4. The molecule has 5 heteroatoms. The van der Waals surface area contributed by atoms with Gasteiger partial charge in [0.15, 0.2) is 0 Å². The normalized spacial score (nSPS) is 26.5. The minimum Gasteiger partial charge on any atom is -0.481 e. The van der Waals surface area contributed by atoms with Crippen LogP contribution in [0.1, 0.15) is 37.3 Å². The smallest absolute Gasteiger partial charge is 0.307 e. The summed E-state index contributed by atoms with van der Waals surface area (Å²) in [5.74, 6) is -0.881. The van der Waals surface area contributed by atoms with Crippen molar-refractivity contribution in [3.63, 3.8) is 0 Å². The van der Waals surface area contributed by atoms with E-state index in [1.807, 2.05) is 7.05 Å². The van der Waals surface area contributed by atoms with Crippen molar-refractivity contribution in [1.82, 2.24) is 15.0 Å². The number of hydrogen-bond donors (Lipinski definition) is 1. The van der Waals surface area contributed by atoms with Crippen LogP contribution in [0.25, 0.3) is 0 Å². The first-order valence-electron chi connectivity index (χ1n) is 5.27. The maximum Gasteiger partial charge on any atom is 0.307 e. The molecule has 1 N–H and O–H groups in total. The van der Waals surface area contributed by atoms with Crippen LogP contribution in [0, 0.1) is 5.92 Å². The Balaban J connectivity index is 2.25. The lowest BCUT2D eigenvalue weighted by atomic mass is 9.77. The van der Waals surface area contributed by atoms with Gasteiger partial charge in [-0.25, -0.2) is 0 Å². The van der Waals surface area contributed by atoms with E-state index in [9.17, 15) is 4.79 Å². The fourth-order valence-corrected chi connectivity index (χ4v) is 2.41. The number of carboxylic acid groups (broad SMARTS) is 1. The summed E-state index contributed by atoms with van der Waals surface area (Å²) in [6, 6.07) is 0. The number of carbonyl (C=O) groups is 1. The number of aryl methyl sites for hydroxylation is 1. The van der Waals surface area contributed by atoms with Crippen LogP contribution in [0.15, 0.2) is 6.20 Å². The monoisotopic (exact) mass is 209 g/mol. The second-order valence-corrected chi connectivity index (χ2v) is 4.12. The van der Waals surface area contributed by atoms with E-state index in [0.717, 1.165) is 31.4 Å². The second kappa shape index (κ2) is 4.00. The maximum absolute atomic E-state index is 11.1. The van der Waals surface area contributed by atoms with Crippen molar-refractivity contribution in [2.24, 2.45) is 13.0 Å². The van der Waals surface area contributed by atoms with Gasteiger partial charge in [0.2, 0.25) is 0 Å². The van der Waals surface area contributed by atoms with Gasteiger partial charge in [-0.15, -0.1) is 5.10 Å². The van der Waals surface area contributed by atoms with Gasteiger partial charge in [0.1, 0.15) is 0 Å². The van der Waals surface area contributed by atoms with Gasteiger partial charge in [-0.1, -0.05) is 18.1 Å². The standard InChI is InChI=1S/C10H15N3O2/c1-13-9(6-11-12-13)7-4-2-3-5-8(7)10(14)15/h6-8H,2-5H2,1H3,(H,14,15). The van der Waals surface area contributed by atoms with Crippen LogP contribution in [0.2, 0.25) is 0 Å². The van der Waals surface area contributed by atoms with E-state index in [0.29, 0.717) is 0 Å². The molecule has 2 atom stereocenters. The molecular formula is C10H15N3O2. The highest BCUT2D eigenvalue weighted by molar-refractivity contribution is 5.71. The predicted molar refractivity (Wildman–Crippen MR) is 53.3 cm³/mol. The van der Waals surface area contributed by atoms with Gasteiger partial charge >= 0.3 is 5.97 Å². The van der Waals surface area contributed by atoms with E-state index < -0.39 is 5.97 Å². The summed E-state index contributed by atoms with van der Waals surface area (Å²) in [4.78, 5) is 11.1. The summed E-state index contributed by atoms with van der Waals surface area (Å²) in [5, 5.41) is 16.8. The third-order valence-corrected chi connectivity index (χ3v) is 3.21. The fourth-order valence-electron chi connectivity index (χ4n) is 2.41. The molecule has 1 aliphatic rings. The van der Waals surface area contributed by atoms with E-state index in [-0.39, 0.29) is 11.8 Å². The fraction of sp³-hybridized carbons (Fsp3) is 0.700. The zero-order chi connectivity index (χ0) is 10.8. The number of aliphatic carboxylic acids is 1. The molecule has 1 aliphatic carbocycles. The molecule has 82 valence electrons. The van der Waals surface area contributed by atoms with Gasteiger partial charge in [-0.05, 0) is 12.8 Å². The molecule has 1 heterocycles. The molecule has 0 spiro atoms. The summed E-state index contributed by atoms with van der Waals surface area (Å²) < 4.78 is 1.69. The molecule has 0 bridgehead atoms. The average molecular weight is 209 g/mol. The molecule has 0 aromatic carbocycles. The first-order valence-corrected chi connectivity index (χ1v) is 5.27. The van der Waals surface area contributed by atoms with Crippen LogP contribution < -0.4 is 0 Å². The zero-order valence-corrected chi connectivity index (χ0v) is 8.76. The summed E-state index contributed by atoms with van der Waals surface area (Å²) in [7, 11) is 1.82. The summed E-state index contributed by atoms with van der Waals surface area (Å²) >= 11 is 0. The number of hydrogen-bond acceptors (Lipinski definition) is 3. The number of aromatic nitrogens is 3. The Labute approximate surface area is 88.1 Å². The van der Waals surface area contributed by atoms with Gasteiger partial charge in [0, 0.05) is 13.0 Å². The molecule has 1 aromatic heterocycles. The van der Waals surface area contributed by atoms with Crippen LogP contribution in [0.3, 0.4) is 0 Å².